The molecule has 6 heteroatoms. The molecule has 3 aromatic rings. The number of alkyl halides is 1. The van der Waals surface area contributed by atoms with Crippen LogP contribution < -0.4 is 0 Å². The molecule has 0 radical (unpaired) electrons. The van der Waals surface area contributed by atoms with Crippen molar-refractivity contribution >= 4 is 34.2 Å². The van der Waals surface area contributed by atoms with Gasteiger partial charge in [0.15, 0.2) is 5.82 Å². The maximum Gasteiger partial charge on any atom is 0.151 e. The highest BCUT2D eigenvalue weighted by Gasteiger charge is 2.19. The van der Waals surface area contributed by atoms with Crippen molar-refractivity contribution in [3.63, 3.8) is 0 Å². The average molecular weight is 327 g/mol. The number of hydrogen-bond donors (Lipinski definition) is 0. The fourth-order valence-corrected chi connectivity index (χ4v) is 2.65. The zero-order valence-corrected chi connectivity index (χ0v) is 12.5. The molecular formula is C15H10Cl2F2N2. The summed E-state index contributed by atoms with van der Waals surface area (Å²) in [6.45, 7) is 1.72. The monoisotopic (exact) mass is 326 g/mol. The number of halogens is 4. The summed E-state index contributed by atoms with van der Waals surface area (Å²) in [4.78, 5) is 4.24. The van der Waals surface area contributed by atoms with Gasteiger partial charge < -0.3 is 0 Å². The van der Waals surface area contributed by atoms with Crippen LogP contribution in [-0.4, -0.2) is 9.55 Å². The third kappa shape index (κ3) is 2.49. The second-order valence-corrected chi connectivity index (χ2v) is 5.75. The van der Waals surface area contributed by atoms with Crippen LogP contribution in [0.3, 0.4) is 0 Å². The Morgan fingerprint density at radius 1 is 1.19 bits per heavy atom. The molecule has 0 saturated carbocycles. The van der Waals surface area contributed by atoms with Crippen LogP contribution in [0.15, 0.2) is 36.4 Å². The predicted molar refractivity (Wildman–Crippen MR) is 80.3 cm³/mol. The van der Waals surface area contributed by atoms with Gasteiger partial charge in [0.1, 0.15) is 17.2 Å². The molecule has 0 amide bonds. The largest absolute Gasteiger partial charge is 0.295 e. The summed E-state index contributed by atoms with van der Waals surface area (Å²) < 4.78 is 29.1. The lowest BCUT2D eigenvalue weighted by Crippen LogP contribution is -2.02. The number of imidazole rings is 1. The minimum Gasteiger partial charge on any atom is -0.295 e. The number of benzene rings is 2. The summed E-state index contributed by atoms with van der Waals surface area (Å²) in [6.07, 6.45) is 0. The Balaban J connectivity index is 2.39. The van der Waals surface area contributed by atoms with E-state index in [-0.39, 0.29) is 10.5 Å². The molecule has 1 heterocycles. The quantitative estimate of drug-likeness (QED) is 0.587. The first-order valence-corrected chi connectivity index (χ1v) is 7.06. The third-order valence-electron chi connectivity index (χ3n) is 3.12. The highest BCUT2D eigenvalue weighted by molar-refractivity contribution is 6.30. The summed E-state index contributed by atoms with van der Waals surface area (Å²) in [6, 6.07) is 8.68. The van der Waals surface area contributed by atoms with Crippen molar-refractivity contribution in [2.24, 2.45) is 0 Å². The Morgan fingerprint density at radius 3 is 2.62 bits per heavy atom. The molecule has 2 aromatic carbocycles. The van der Waals surface area contributed by atoms with Crippen molar-refractivity contribution in [1.29, 1.82) is 0 Å². The molecule has 1 atom stereocenters. The van der Waals surface area contributed by atoms with Crippen molar-refractivity contribution in [3.05, 3.63) is 58.9 Å². The Kier molecular flexibility index (Phi) is 3.59. The lowest BCUT2D eigenvalue weighted by atomic mass is 10.2. The van der Waals surface area contributed by atoms with E-state index in [9.17, 15) is 8.78 Å². The summed E-state index contributed by atoms with van der Waals surface area (Å²) in [5.41, 5.74) is 1.16. The first kappa shape index (κ1) is 14.3. The fraction of sp³-hybridized carbons (Fsp3) is 0.133. The highest BCUT2D eigenvalue weighted by atomic mass is 35.5. The molecule has 108 valence electrons. The van der Waals surface area contributed by atoms with Gasteiger partial charge >= 0.3 is 0 Å². The molecule has 21 heavy (non-hydrogen) atoms. The van der Waals surface area contributed by atoms with Crippen LogP contribution in [0.2, 0.25) is 5.02 Å². The second kappa shape index (κ2) is 5.28. The molecule has 1 aromatic heterocycles. The van der Waals surface area contributed by atoms with Crippen LogP contribution in [-0.2, 0) is 0 Å². The van der Waals surface area contributed by atoms with Gasteiger partial charge in [0.05, 0.1) is 16.6 Å². The normalized spacial score (nSPS) is 12.8. The minimum atomic E-state index is -0.482. The van der Waals surface area contributed by atoms with Gasteiger partial charge in [-0.15, -0.1) is 11.6 Å². The molecule has 1 unspecified atom stereocenters. The minimum absolute atomic E-state index is 0.195. The van der Waals surface area contributed by atoms with E-state index in [1.54, 1.807) is 29.7 Å². The Morgan fingerprint density at radius 2 is 1.95 bits per heavy atom. The summed E-state index contributed by atoms with van der Waals surface area (Å²) in [5, 5.41) is -0.227. The molecule has 0 fully saturated rings. The Bertz CT molecular complexity index is 808. The predicted octanol–water partition coefficient (Wildman–Crippen LogP) is 5.26. The van der Waals surface area contributed by atoms with E-state index in [1.165, 1.54) is 18.2 Å². The average Bonchev–Trinajstić information content (AvgIpc) is 2.78. The molecule has 0 bridgehead atoms. The Hall–Kier alpha value is -1.65. The number of rotatable bonds is 2. The van der Waals surface area contributed by atoms with Crippen LogP contribution >= 0.6 is 23.2 Å². The van der Waals surface area contributed by atoms with Gasteiger partial charge in [0.25, 0.3) is 0 Å². The van der Waals surface area contributed by atoms with E-state index in [2.05, 4.69) is 4.98 Å². The summed E-state index contributed by atoms with van der Waals surface area (Å²) in [7, 11) is 0. The van der Waals surface area contributed by atoms with Gasteiger partial charge in [-0.3, -0.25) is 4.57 Å². The number of nitrogens with zero attached hydrogens (tertiary/aromatic N) is 2. The van der Waals surface area contributed by atoms with Gasteiger partial charge in [-0.25, -0.2) is 13.8 Å². The van der Waals surface area contributed by atoms with Crippen molar-refractivity contribution in [3.8, 4) is 5.69 Å². The zero-order valence-electron chi connectivity index (χ0n) is 10.9. The van der Waals surface area contributed by atoms with Crippen molar-refractivity contribution in [2.45, 2.75) is 12.3 Å². The molecule has 0 spiro atoms. The summed E-state index contributed by atoms with van der Waals surface area (Å²) in [5.74, 6) is -0.505. The molecule has 0 aliphatic heterocycles. The maximum atomic E-state index is 13.9. The van der Waals surface area contributed by atoms with E-state index in [0.29, 0.717) is 17.0 Å². The maximum absolute atomic E-state index is 13.9. The number of aromatic nitrogens is 2. The standard InChI is InChI=1S/C15H10Cl2F2N2/c1-8(16)15-20-14-12(19)3-2-4-13(14)21(15)11-6-9(17)5-10(18)7-11/h2-8H,1H3. The van der Waals surface area contributed by atoms with Gasteiger partial charge in [0.2, 0.25) is 0 Å². The zero-order chi connectivity index (χ0) is 15.1. The van der Waals surface area contributed by atoms with E-state index >= 15 is 0 Å². The van der Waals surface area contributed by atoms with Crippen molar-refractivity contribution in [2.75, 3.05) is 0 Å². The van der Waals surface area contributed by atoms with Crippen LogP contribution in [0.1, 0.15) is 18.1 Å². The molecule has 2 nitrogen and oxygen atoms in total. The molecular weight excluding hydrogens is 317 g/mol. The SMILES string of the molecule is CC(Cl)c1nc2c(F)cccc2n1-c1cc(F)cc(Cl)c1. The highest BCUT2D eigenvalue weighted by Crippen LogP contribution is 2.30. The third-order valence-corrected chi connectivity index (χ3v) is 3.54. The van der Waals surface area contributed by atoms with Crippen LogP contribution in [0.25, 0.3) is 16.7 Å². The molecule has 0 N–H and O–H groups in total. The van der Waals surface area contributed by atoms with Crippen LogP contribution in [0.4, 0.5) is 8.78 Å². The van der Waals surface area contributed by atoms with Crippen molar-refractivity contribution < 1.29 is 8.78 Å². The second-order valence-electron chi connectivity index (χ2n) is 4.66. The molecule has 0 aliphatic rings. The first-order chi connectivity index (χ1) is 9.97. The smallest absolute Gasteiger partial charge is 0.151 e. The van der Waals surface area contributed by atoms with Gasteiger partial charge in [-0.1, -0.05) is 17.7 Å². The molecule has 3 rings (SSSR count). The fourth-order valence-electron chi connectivity index (χ4n) is 2.29. The van der Waals surface area contributed by atoms with E-state index < -0.39 is 17.0 Å². The first-order valence-electron chi connectivity index (χ1n) is 6.25. The number of hydrogen-bond acceptors (Lipinski definition) is 1. The summed E-state index contributed by atoms with van der Waals surface area (Å²) >= 11 is 12.0. The topological polar surface area (TPSA) is 17.8 Å². The van der Waals surface area contributed by atoms with Gasteiger partial charge in [-0.2, -0.15) is 0 Å². The lowest BCUT2D eigenvalue weighted by Gasteiger charge is -2.11. The van der Waals surface area contributed by atoms with E-state index in [0.717, 1.165) is 0 Å². The number of para-hydroxylation sites is 1. The van der Waals surface area contributed by atoms with E-state index in [1.807, 2.05) is 0 Å². The number of fused-ring (bicyclic) bond motifs is 1. The van der Waals surface area contributed by atoms with Crippen LogP contribution in [0.5, 0.6) is 0 Å². The van der Waals surface area contributed by atoms with E-state index in [4.69, 9.17) is 23.2 Å². The van der Waals surface area contributed by atoms with Crippen molar-refractivity contribution in [1.82, 2.24) is 9.55 Å². The van der Waals surface area contributed by atoms with Gasteiger partial charge in [0, 0.05) is 5.02 Å². The van der Waals surface area contributed by atoms with Crippen LogP contribution in [0, 0.1) is 11.6 Å². The van der Waals surface area contributed by atoms with Gasteiger partial charge in [-0.05, 0) is 37.3 Å². The Labute approximate surface area is 129 Å². The molecule has 0 aliphatic carbocycles. The molecule has 0 saturated heterocycles. The lowest BCUT2D eigenvalue weighted by molar-refractivity contribution is 0.626.